The second-order valence-electron chi connectivity index (χ2n) is 7.02. The average Bonchev–Trinajstić information content (AvgIpc) is 3.12. The van der Waals surface area contributed by atoms with Gasteiger partial charge in [-0.25, -0.2) is 0 Å². The Balaban J connectivity index is 1.75. The summed E-state index contributed by atoms with van der Waals surface area (Å²) in [6.45, 7) is 3.21. The lowest BCUT2D eigenvalue weighted by Gasteiger charge is -2.22. The van der Waals surface area contributed by atoms with Gasteiger partial charge in [-0.3, -0.25) is 9.78 Å². The summed E-state index contributed by atoms with van der Waals surface area (Å²) >= 11 is 0. The monoisotopic (exact) mass is 336 g/mol. The molecule has 0 saturated carbocycles. The number of hydrogen-bond acceptors (Lipinski definition) is 3. The summed E-state index contributed by atoms with van der Waals surface area (Å²) < 4.78 is 5.47. The number of carbonyl (C=O) groups is 1. The molecular weight excluding hydrogens is 312 g/mol. The summed E-state index contributed by atoms with van der Waals surface area (Å²) in [5.74, 6) is 0.451. The SMILES string of the molecule is CC(=O)Nc1c(-c2ccnc(C3CCOCC3)c2)ccc2c1CCC2. The minimum Gasteiger partial charge on any atom is -0.381 e. The van der Waals surface area contributed by atoms with Gasteiger partial charge in [0.15, 0.2) is 0 Å². The molecule has 2 heterocycles. The summed E-state index contributed by atoms with van der Waals surface area (Å²) in [7, 11) is 0. The second-order valence-corrected chi connectivity index (χ2v) is 7.02. The van der Waals surface area contributed by atoms with Crippen molar-refractivity contribution < 1.29 is 9.53 Å². The van der Waals surface area contributed by atoms with Crippen LogP contribution in [0, 0.1) is 0 Å². The highest BCUT2D eigenvalue weighted by atomic mass is 16.5. The van der Waals surface area contributed by atoms with Crippen LogP contribution in [0.1, 0.15) is 48.9 Å². The van der Waals surface area contributed by atoms with E-state index in [2.05, 4.69) is 28.5 Å². The molecule has 0 bridgehead atoms. The molecule has 1 aliphatic carbocycles. The molecule has 4 heteroatoms. The van der Waals surface area contributed by atoms with Crippen molar-refractivity contribution in [3.63, 3.8) is 0 Å². The molecule has 0 radical (unpaired) electrons. The average molecular weight is 336 g/mol. The fourth-order valence-corrected chi connectivity index (χ4v) is 4.06. The molecule has 2 aromatic rings. The van der Waals surface area contributed by atoms with Gasteiger partial charge in [-0.1, -0.05) is 12.1 Å². The highest BCUT2D eigenvalue weighted by molar-refractivity contribution is 5.96. The first-order valence-electron chi connectivity index (χ1n) is 9.19. The number of aromatic nitrogens is 1. The lowest BCUT2D eigenvalue weighted by molar-refractivity contribution is -0.114. The van der Waals surface area contributed by atoms with Crippen molar-refractivity contribution in [2.24, 2.45) is 0 Å². The molecule has 2 aliphatic rings. The minimum atomic E-state index is -0.0136. The van der Waals surface area contributed by atoms with E-state index in [4.69, 9.17) is 4.74 Å². The van der Waals surface area contributed by atoms with Crippen LogP contribution in [0.4, 0.5) is 5.69 Å². The molecule has 0 unspecified atom stereocenters. The third-order valence-corrected chi connectivity index (χ3v) is 5.32. The maximum absolute atomic E-state index is 11.8. The molecule has 25 heavy (non-hydrogen) atoms. The summed E-state index contributed by atoms with van der Waals surface area (Å²) in [5.41, 5.74) is 7.03. The highest BCUT2D eigenvalue weighted by Crippen LogP contribution is 2.38. The normalized spacial score (nSPS) is 17.3. The van der Waals surface area contributed by atoms with E-state index in [9.17, 15) is 4.79 Å². The first kappa shape index (κ1) is 16.3. The lowest BCUT2D eigenvalue weighted by Crippen LogP contribution is -2.15. The Bertz CT molecular complexity index is 794. The molecule has 1 N–H and O–H groups in total. The zero-order chi connectivity index (χ0) is 17.2. The minimum absolute atomic E-state index is 0.0136. The van der Waals surface area contributed by atoms with E-state index in [-0.39, 0.29) is 5.91 Å². The van der Waals surface area contributed by atoms with E-state index in [1.807, 2.05) is 12.3 Å². The standard InChI is InChI=1S/C21H24N2O2/c1-14(24)23-21-18-4-2-3-15(18)5-6-19(21)17-7-10-22-20(13-17)16-8-11-25-12-9-16/h5-7,10,13,16H,2-4,8-9,11-12H2,1H3,(H,23,24). The molecule has 1 amide bonds. The number of hydrogen-bond donors (Lipinski definition) is 1. The number of nitrogens with zero attached hydrogens (tertiary/aromatic N) is 1. The maximum Gasteiger partial charge on any atom is 0.221 e. The number of carbonyl (C=O) groups excluding carboxylic acids is 1. The van der Waals surface area contributed by atoms with Gasteiger partial charge in [-0.15, -0.1) is 0 Å². The van der Waals surface area contributed by atoms with Gasteiger partial charge in [0.05, 0.1) is 5.69 Å². The molecule has 1 aliphatic heterocycles. The fourth-order valence-electron chi connectivity index (χ4n) is 4.06. The van der Waals surface area contributed by atoms with Gasteiger partial charge in [0.1, 0.15) is 0 Å². The van der Waals surface area contributed by atoms with Crippen LogP contribution in [-0.2, 0) is 22.4 Å². The van der Waals surface area contributed by atoms with Crippen LogP contribution in [0.15, 0.2) is 30.5 Å². The zero-order valence-corrected chi connectivity index (χ0v) is 14.7. The van der Waals surface area contributed by atoms with Gasteiger partial charge >= 0.3 is 0 Å². The molecule has 0 atom stereocenters. The van der Waals surface area contributed by atoms with Crippen molar-refractivity contribution in [1.82, 2.24) is 4.98 Å². The van der Waals surface area contributed by atoms with E-state index in [1.165, 1.54) is 11.1 Å². The van der Waals surface area contributed by atoms with Crippen LogP contribution < -0.4 is 5.32 Å². The summed E-state index contributed by atoms with van der Waals surface area (Å²) in [6.07, 6.45) is 7.25. The maximum atomic E-state index is 11.8. The first-order valence-corrected chi connectivity index (χ1v) is 9.19. The van der Waals surface area contributed by atoms with E-state index >= 15 is 0 Å². The molecule has 4 nitrogen and oxygen atoms in total. The van der Waals surface area contributed by atoms with Gasteiger partial charge in [-0.05, 0) is 60.9 Å². The molecule has 1 aromatic heterocycles. The number of anilines is 1. The van der Waals surface area contributed by atoms with Crippen LogP contribution in [0.3, 0.4) is 0 Å². The lowest BCUT2D eigenvalue weighted by atomic mass is 9.92. The Morgan fingerprint density at radius 1 is 1.20 bits per heavy atom. The Morgan fingerprint density at radius 2 is 2.04 bits per heavy atom. The second kappa shape index (κ2) is 6.96. The topological polar surface area (TPSA) is 51.2 Å². The quantitative estimate of drug-likeness (QED) is 0.918. The molecule has 1 aromatic carbocycles. The van der Waals surface area contributed by atoms with Crippen LogP contribution >= 0.6 is 0 Å². The van der Waals surface area contributed by atoms with Gasteiger partial charge in [0.25, 0.3) is 0 Å². The van der Waals surface area contributed by atoms with E-state index < -0.39 is 0 Å². The molecule has 0 spiro atoms. The number of amides is 1. The van der Waals surface area contributed by atoms with Crippen molar-refractivity contribution in [2.75, 3.05) is 18.5 Å². The van der Waals surface area contributed by atoms with E-state index in [0.717, 1.165) is 67.8 Å². The predicted octanol–water partition coefficient (Wildman–Crippen LogP) is 4.09. The Morgan fingerprint density at radius 3 is 2.84 bits per heavy atom. The first-order chi connectivity index (χ1) is 12.2. The van der Waals surface area contributed by atoms with Crippen molar-refractivity contribution in [1.29, 1.82) is 0 Å². The third kappa shape index (κ3) is 3.31. The number of pyridine rings is 1. The summed E-state index contributed by atoms with van der Waals surface area (Å²) in [6, 6.07) is 8.61. The molecule has 1 fully saturated rings. The number of nitrogens with one attached hydrogen (secondary N) is 1. The molecule has 4 rings (SSSR count). The van der Waals surface area contributed by atoms with Crippen LogP contribution in [0.25, 0.3) is 11.1 Å². The number of benzene rings is 1. The Labute approximate surface area is 148 Å². The fraction of sp³-hybridized carbons (Fsp3) is 0.429. The number of aryl methyl sites for hydroxylation is 1. The third-order valence-electron chi connectivity index (χ3n) is 5.32. The van der Waals surface area contributed by atoms with Crippen molar-refractivity contribution in [3.05, 3.63) is 47.3 Å². The Hall–Kier alpha value is -2.20. The Kier molecular flexibility index (Phi) is 4.53. The molecular formula is C21H24N2O2. The zero-order valence-electron chi connectivity index (χ0n) is 14.7. The van der Waals surface area contributed by atoms with Crippen LogP contribution in [0.2, 0.25) is 0 Å². The molecule has 130 valence electrons. The van der Waals surface area contributed by atoms with Crippen molar-refractivity contribution in [3.8, 4) is 11.1 Å². The number of rotatable bonds is 3. The van der Waals surface area contributed by atoms with E-state index in [0.29, 0.717) is 5.92 Å². The van der Waals surface area contributed by atoms with Crippen LogP contribution in [0.5, 0.6) is 0 Å². The summed E-state index contributed by atoms with van der Waals surface area (Å²) in [5, 5.41) is 3.09. The number of fused-ring (bicyclic) bond motifs is 1. The van der Waals surface area contributed by atoms with Gasteiger partial charge in [0.2, 0.25) is 5.91 Å². The van der Waals surface area contributed by atoms with Gasteiger partial charge < -0.3 is 10.1 Å². The largest absolute Gasteiger partial charge is 0.381 e. The van der Waals surface area contributed by atoms with Gasteiger partial charge in [-0.2, -0.15) is 0 Å². The van der Waals surface area contributed by atoms with Crippen LogP contribution in [-0.4, -0.2) is 24.1 Å². The van der Waals surface area contributed by atoms with Crippen molar-refractivity contribution in [2.45, 2.75) is 44.9 Å². The van der Waals surface area contributed by atoms with E-state index in [1.54, 1.807) is 6.92 Å². The van der Waals surface area contributed by atoms with Gasteiger partial charge in [0, 0.05) is 43.5 Å². The van der Waals surface area contributed by atoms with Crippen molar-refractivity contribution >= 4 is 11.6 Å². The smallest absolute Gasteiger partial charge is 0.221 e. The summed E-state index contributed by atoms with van der Waals surface area (Å²) in [4.78, 5) is 16.4. The molecule has 1 saturated heterocycles. The highest BCUT2D eigenvalue weighted by Gasteiger charge is 2.21. The number of ether oxygens (including phenoxy) is 1. The predicted molar refractivity (Wildman–Crippen MR) is 98.8 cm³/mol.